The molecule has 5 heteroatoms. The van der Waals surface area contributed by atoms with E-state index in [1.165, 1.54) is 0 Å². The Morgan fingerprint density at radius 2 is 1.73 bits per heavy atom. The van der Waals surface area contributed by atoms with Gasteiger partial charge in [0.1, 0.15) is 0 Å². The molecule has 1 atom stereocenters. The molecule has 0 heterocycles. The highest BCUT2D eigenvalue weighted by atomic mass is 16.4. The second kappa shape index (κ2) is 6.85. The summed E-state index contributed by atoms with van der Waals surface area (Å²) in [6, 6.07) is 0. The second-order valence-corrected chi connectivity index (χ2v) is 1.99. The SMILES string of the molecule is CC[C@H](C)C(=O)O.NC(=O)O. The Balaban J connectivity index is 0. The third kappa shape index (κ3) is 17.7. The predicted molar refractivity (Wildman–Crippen MR) is 39.3 cm³/mol. The first-order valence-electron chi connectivity index (χ1n) is 3.13. The third-order valence-electron chi connectivity index (χ3n) is 1.03. The number of amides is 1. The van der Waals surface area contributed by atoms with Crippen molar-refractivity contribution in [3.8, 4) is 0 Å². The molecule has 0 fully saturated rings. The number of hydrogen-bond donors (Lipinski definition) is 3. The Morgan fingerprint density at radius 3 is 1.73 bits per heavy atom. The molecule has 1 amide bonds. The van der Waals surface area contributed by atoms with Crippen LogP contribution >= 0.6 is 0 Å². The Labute approximate surface area is 64.8 Å². The molecular formula is C6H13NO4. The van der Waals surface area contributed by atoms with Crippen molar-refractivity contribution in [3.63, 3.8) is 0 Å². The summed E-state index contributed by atoms with van der Waals surface area (Å²) in [6.45, 7) is 3.56. The van der Waals surface area contributed by atoms with Gasteiger partial charge < -0.3 is 15.9 Å². The monoisotopic (exact) mass is 163 g/mol. The molecule has 66 valence electrons. The topological polar surface area (TPSA) is 101 Å². The van der Waals surface area contributed by atoms with Crippen LogP contribution in [0.4, 0.5) is 4.79 Å². The zero-order valence-corrected chi connectivity index (χ0v) is 6.57. The number of carbonyl (C=O) groups is 2. The molecule has 0 unspecified atom stereocenters. The van der Waals surface area contributed by atoms with Gasteiger partial charge in [-0.1, -0.05) is 13.8 Å². The van der Waals surface area contributed by atoms with Gasteiger partial charge in [0, 0.05) is 0 Å². The summed E-state index contributed by atoms with van der Waals surface area (Å²) >= 11 is 0. The van der Waals surface area contributed by atoms with Crippen LogP contribution in [0.1, 0.15) is 20.3 Å². The van der Waals surface area contributed by atoms with Crippen LogP contribution in [0.5, 0.6) is 0 Å². The number of rotatable bonds is 2. The standard InChI is InChI=1S/C5H10O2.CH3NO2/c1-3-4(2)5(6)7;2-1(3)4/h4H,3H2,1-2H3,(H,6,7);2H2,(H,3,4)/t4-;/m0./s1. The Morgan fingerprint density at radius 1 is 1.45 bits per heavy atom. The average Bonchev–Trinajstić information content (AvgIpc) is 1.85. The quantitative estimate of drug-likeness (QED) is 0.558. The van der Waals surface area contributed by atoms with Gasteiger partial charge in [0.25, 0.3) is 0 Å². The molecule has 0 bridgehead atoms. The minimum absolute atomic E-state index is 0.181. The largest absolute Gasteiger partial charge is 0.481 e. The summed E-state index contributed by atoms with van der Waals surface area (Å²) in [5.74, 6) is -0.887. The molecule has 0 saturated heterocycles. The van der Waals surface area contributed by atoms with Crippen molar-refractivity contribution < 1.29 is 19.8 Å². The highest BCUT2D eigenvalue weighted by Gasteiger charge is 2.05. The molecule has 0 aromatic rings. The predicted octanol–water partition coefficient (Wildman–Crippen LogP) is 0.740. The lowest BCUT2D eigenvalue weighted by atomic mass is 10.1. The second-order valence-electron chi connectivity index (χ2n) is 1.99. The molecule has 0 rings (SSSR count). The summed E-state index contributed by atoms with van der Waals surface area (Å²) < 4.78 is 0. The first kappa shape index (κ1) is 12.4. The van der Waals surface area contributed by atoms with E-state index in [2.05, 4.69) is 5.73 Å². The lowest BCUT2D eigenvalue weighted by molar-refractivity contribution is -0.141. The number of carboxylic acids is 1. The number of nitrogens with two attached hydrogens (primary N) is 1. The molecule has 0 aromatic heterocycles. The van der Waals surface area contributed by atoms with Gasteiger partial charge in [-0.25, -0.2) is 4.79 Å². The van der Waals surface area contributed by atoms with E-state index in [1.54, 1.807) is 6.92 Å². The number of primary amides is 1. The molecule has 11 heavy (non-hydrogen) atoms. The van der Waals surface area contributed by atoms with Gasteiger partial charge in [0.2, 0.25) is 0 Å². The molecule has 0 spiro atoms. The first-order chi connectivity index (χ1) is 4.91. The fourth-order valence-corrected chi connectivity index (χ4v) is 0.175. The van der Waals surface area contributed by atoms with Crippen molar-refractivity contribution in [2.75, 3.05) is 0 Å². The average molecular weight is 163 g/mol. The summed E-state index contributed by atoms with van der Waals surface area (Å²) in [7, 11) is 0. The lowest BCUT2D eigenvalue weighted by Crippen LogP contribution is -2.06. The van der Waals surface area contributed by atoms with Crippen molar-refractivity contribution in [3.05, 3.63) is 0 Å². The number of carboxylic acid groups (broad SMARTS) is 2. The fourth-order valence-electron chi connectivity index (χ4n) is 0.175. The smallest absolute Gasteiger partial charge is 0.402 e. The van der Waals surface area contributed by atoms with Crippen LogP contribution in [0, 0.1) is 5.92 Å². The first-order valence-corrected chi connectivity index (χ1v) is 3.13. The third-order valence-corrected chi connectivity index (χ3v) is 1.03. The molecule has 0 radical (unpaired) electrons. The van der Waals surface area contributed by atoms with E-state index in [4.69, 9.17) is 15.0 Å². The minimum atomic E-state index is -1.33. The molecule has 0 aliphatic heterocycles. The zero-order chi connectivity index (χ0) is 9.44. The summed E-state index contributed by atoms with van der Waals surface area (Å²) in [6.07, 6.45) is -0.616. The normalized spacial score (nSPS) is 10.7. The van der Waals surface area contributed by atoms with Crippen molar-refractivity contribution in [2.45, 2.75) is 20.3 Å². The Bertz CT molecular complexity index is 131. The van der Waals surface area contributed by atoms with Crippen LogP contribution in [0.25, 0.3) is 0 Å². The van der Waals surface area contributed by atoms with Gasteiger partial charge in [-0.2, -0.15) is 0 Å². The number of hydrogen-bond acceptors (Lipinski definition) is 2. The fraction of sp³-hybridized carbons (Fsp3) is 0.667. The van der Waals surface area contributed by atoms with Gasteiger partial charge in [-0.3, -0.25) is 4.79 Å². The Kier molecular flexibility index (Phi) is 7.74. The van der Waals surface area contributed by atoms with Crippen molar-refractivity contribution in [2.24, 2.45) is 11.7 Å². The molecule has 0 aromatic carbocycles. The van der Waals surface area contributed by atoms with Crippen molar-refractivity contribution >= 4 is 12.1 Å². The molecule has 4 N–H and O–H groups in total. The summed E-state index contributed by atoms with van der Waals surface area (Å²) in [5, 5.41) is 15.4. The highest BCUT2D eigenvalue weighted by Crippen LogP contribution is 1.97. The van der Waals surface area contributed by atoms with Crippen LogP contribution in [-0.2, 0) is 4.79 Å². The van der Waals surface area contributed by atoms with E-state index in [1.807, 2.05) is 6.92 Å². The van der Waals surface area contributed by atoms with Crippen LogP contribution < -0.4 is 5.73 Å². The molecular weight excluding hydrogens is 150 g/mol. The maximum atomic E-state index is 9.93. The van der Waals surface area contributed by atoms with E-state index < -0.39 is 12.1 Å². The van der Waals surface area contributed by atoms with Crippen LogP contribution in [0.3, 0.4) is 0 Å². The van der Waals surface area contributed by atoms with Gasteiger partial charge in [-0.05, 0) is 6.42 Å². The maximum Gasteiger partial charge on any atom is 0.402 e. The van der Waals surface area contributed by atoms with Crippen molar-refractivity contribution in [1.29, 1.82) is 0 Å². The highest BCUT2D eigenvalue weighted by molar-refractivity contribution is 5.69. The molecule has 0 aliphatic carbocycles. The molecule has 0 saturated carbocycles. The molecule has 0 aliphatic rings. The number of aliphatic carboxylic acids is 1. The minimum Gasteiger partial charge on any atom is -0.481 e. The van der Waals surface area contributed by atoms with Gasteiger partial charge in [0.05, 0.1) is 5.92 Å². The summed E-state index contributed by atoms with van der Waals surface area (Å²) in [4.78, 5) is 18.7. The van der Waals surface area contributed by atoms with Gasteiger partial charge in [-0.15, -0.1) is 0 Å². The van der Waals surface area contributed by atoms with Crippen LogP contribution in [0.2, 0.25) is 0 Å². The molecule has 5 nitrogen and oxygen atoms in total. The van der Waals surface area contributed by atoms with Gasteiger partial charge in [0.15, 0.2) is 0 Å². The van der Waals surface area contributed by atoms with Crippen LogP contribution in [-0.4, -0.2) is 22.3 Å². The Hall–Kier alpha value is -1.26. The van der Waals surface area contributed by atoms with Crippen LogP contribution in [0.15, 0.2) is 0 Å². The van der Waals surface area contributed by atoms with Crippen molar-refractivity contribution in [1.82, 2.24) is 0 Å². The summed E-state index contributed by atoms with van der Waals surface area (Å²) in [5.41, 5.74) is 4.03. The zero-order valence-electron chi connectivity index (χ0n) is 6.57. The van der Waals surface area contributed by atoms with E-state index in [-0.39, 0.29) is 5.92 Å². The van der Waals surface area contributed by atoms with E-state index in [9.17, 15) is 4.79 Å². The van der Waals surface area contributed by atoms with E-state index >= 15 is 0 Å². The van der Waals surface area contributed by atoms with Gasteiger partial charge >= 0.3 is 12.1 Å². The maximum absolute atomic E-state index is 9.93. The lowest BCUT2D eigenvalue weighted by Gasteiger charge is -1.96. The van der Waals surface area contributed by atoms with E-state index in [0.717, 1.165) is 6.42 Å². The van der Waals surface area contributed by atoms with E-state index in [0.29, 0.717) is 0 Å².